The molecule has 2 aromatic rings. The Morgan fingerprint density at radius 2 is 2.16 bits per heavy atom. The van der Waals surface area contributed by atoms with Gasteiger partial charge in [0.15, 0.2) is 0 Å². The first-order valence-electron chi connectivity index (χ1n) is 8.35. The Morgan fingerprint density at radius 3 is 2.88 bits per heavy atom. The van der Waals surface area contributed by atoms with Gasteiger partial charge in [0.05, 0.1) is 18.6 Å². The van der Waals surface area contributed by atoms with Crippen LogP contribution in [0.25, 0.3) is 0 Å². The molecule has 3 rings (SSSR count). The molecule has 2 heterocycles. The minimum atomic E-state index is -0.163. The van der Waals surface area contributed by atoms with Gasteiger partial charge < -0.3 is 15.0 Å². The van der Waals surface area contributed by atoms with Crippen LogP contribution in [0, 0.1) is 0 Å². The van der Waals surface area contributed by atoms with Gasteiger partial charge in [-0.05, 0) is 37.1 Å². The summed E-state index contributed by atoms with van der Waals surface area (Å²) in [5.74, 6) is 0.747. The Balaban J connectivity index is 1.68. The van der Waals surface area contributed by atoms with E-state index in [1.807, 2.05) is 29.2 Å². The molecule has 1 amide bonds. The number of nitrogens with zero attached hydrogens (tertiary/aromatic N) is 2. The van der Waals surface area contributed by atoms with Crippen molar-refractivity contribution < 1.29 is 9.90 Å². The van der Waals surface area contributed by atoms with Gasteiger partial charge in [-0.15, -0.1) is 11.8 Å². The molecule has 2 N–H and O–H groups in total. The summed E-state index contributed by atoms with van der Waals surface area (Å²) in [5.41, 5.74) is 1.24. The lowest BCUT2D eigenvalue weighted by molar-refractivity contribution is 0.0706. The average molecular weight is 359 g/mol. The Morgan fingerprint density at radius 1 is 1.36 bits per heavy atom. The normalized spacial score (nSPS) is 17.5. The van der Waals surface area contributed by atoms with Crippen LogP contribution in [-0.2, 0) is 0 Å². The fourth-order valence-corrected chi connectivity index (χ4v) is 3.71. The average Bonchev–Trinajstić information content (AvgIpc) is 2.66. The largest absolute Gasteiger partial charge is 0.396 e. The Hall–Kier alpha value is -2.12. The van der Waals surface area contributed by atoms with E-state index >= 15 is 0 Å². The van der Waals surface area contributed by atoms with Crippen LogP contribution in [0.15, 0.2) is 46.3 Å². The van der Waals surface area contributed by atoms with Crippen molar-refractivity contribution in [2.24, 2.45) is 0 Å². The van der Waals surface area contributed by atoms with Gasteiger partial charge in [0.1, 0.15) is 0 Å². The van der Waals surface area contributed by atoms with Crippen LogP contribution in [0.2, 0.25) is 0 Å². The SMILES string of the molecule is O=C(c1ccc(SCCO)cc1)N1CCCC(c2cc(=O)[nH]cn2)C1. The molecule has 0 bridgehead atoms. The maximum atomic E-state index is 12.8. The number of hydrogen-bond donors (Lipinski definition) is 2. The summed E-state index contributed by atoms with van der Waals surface area (Å²) < 4.78 is 0. The lowest BCUT2D eigenvalue weighted by Crippen LogP contribution is -2.39. The number of piperidine rings is 1. The van der Waals surface area contributed by atoms with E-state index in [0.29, 0.717) is 17.9 Å². The number of hydrogen-bond acceptors (Lipinski definition) is 5. The number of benzene rings is 1. The van der Waals surface area contributed by atoms with Gasteiger partial charge in [-0.3, -0.25) is 9.59 Å². The highest BCUT2D eigenvalue weighted by Gasteiger charge is 2.26. The number of rotatable bonds is 5. The zero-order valence-electron chi connectivity index (χ0n) is 13.9. The number of H-pyrrole nitrogens is 1. The van der Waals surface area contributed by atoms with E-state index in [0.717, 1.165) is 30.0 Å². The number of likely N-dealkylation sites (tertiary alicyclic amines) is 1. The van der Waals surface area contributed by atoms with Crippen molar-refractivity contribution in [1.82, 2.24) is 14.9 Å². The number of nitrogens with one attached hydrogen (secondary N) is 1. The fourth-order valence-electron chi connectivity index (χ4n) is 3.05. The quantitative estimate of drug-likeness (QED) is 0.796. The topological polar surface area (TPSA) is 86.3 Å². The zero-order valence-corrected chi connectivity index (χ0v) is 14.7. The maximum absolute atomic E-state index is 12.8. The first-order chi connectivity index (χ1) is 12.2. The van der Waals surface area contributed by atoms with Crippen molar-refractivity contribution in [3.63, 3.8) is 0 Å². The number of aromatic amines is 1. The Kier molecular flexibility index (Phi) is 5.88. The lowest BCUT2D eigenvalue weighted by atomic mass is 9.94. The number of thioether (sulfide) groups is 1. The van der Waals surface area contributed by atoms with Gasteiger partial charge in [0.25, 0.3) is 11.5 Å². The third-order valence-electron chi connectivity index (χ3n) is 4.29. The van der Waals surface area contributed by atoms with Crippen molar-refractivity contribution in [2.45, 2.75) is 23.7 Å². The number of aliphatic hydroxyl groups excluding tert-OH is 1. The number of aromatic nitrogens is 2. The third kappa shape index (κ3) is 4.49. The summed E-state index contributed by atoms with van der Waals surface area (Å²) in [6.07, 6.45) is 3.24. The summed E-state index contributed by atoms with van der Waals surface area (Å²) in [6.45, 7) is 1.44. The van der Waals surface area contributed by atoms with E-state index in [9.17, 15) is 9.59 Å². The molecule has 1 aromatic carbocycles. The smallest absolute Gasteiger partial charge is 0.253 e. The van der Waals surface area contributed by atoms with Crippen molar-refractivity contribution in [3.8, 4) is 0 Å². The van der Waals surface area contributed by atoms with Crippen LogP contribution in [0.4, 0.5) is 0 Å². The summed E-state index contributed by atoms with van der Waals surface area (Å²) in [6, 6.07) is 9.00. The first-order valence-corrected chi connectivity index (χ1v) is 9.33. The summed E-state index contributed by atoms with van der Waals surface area (Å²) in [5, 5.41) is 8.87. The Labute approximate surface area is 150 Å². The van der Waals surface area contributed by atoms with Crippen molar-refractivity contribution in [1.29, 1.82) is 0 Å². The second-order valence-electron chi connectivity index (χ2n) is 6.02. The van der Waals surface area contributed by atoms with Crippen LogP contribution in [0.1, 0.15) is 34.8 Å². The van der Waals surface area contributed by atoms with Crippen molar-refractivity contribution in [3.05, 3.63) is 58.3 Å². The standard InChI is InChI=1S/C18H21N3O3S/c22-8-9-25-15-5-3-13(4-6-15)18(24)21-7-1-2-14(11-21)16-10-17(23)20-12-19-16/h3-6,10,12,14,22H,1-2,7-9,11H2,(H,19,20,23). The van der Waals surface area contributed by atoms with Crippen LogP contribution < -0.4 is 5.56 Å². The van der Waals surface area contributed by atoms with Crippen LogP contribution >= 0.6 is 11.8 Å². The molecule has 1 aromatic heterocycles. The number of aliphatic hydroxyl groups is 1. The fraction of sp³-hybridized carbons (Fsp3) is 0.389. The van der Waals surface area contributed by atoms with E-state index in [1.54, 1.807) is 11.8 Å². The van der Waals surface area contributed by atoms with Gasteiger partial charge in [-0.25, -0.2) is 4.98 Å². The summed E-state index contributed by atoms with van der Waals surface area (Å²) in [7, 11) is 0. The van der Waals surface area contributed by atoms with E-state index in [-0.39, 0.29) is 24.0 Å². The van der Waals surface area contributed by atoms with Gasteiger partial charge in [0, 0.05) is 41.3 Å². The third-order valence-corrected chi connectivity index (χ3v) is 5.28. The Bertz CT molecular complexity index is 776. The first kappa shape index (κ1) is 17.7. The van der Waals surface area contributed by atoms with E-state index in [1.165, 1.54) is 12.4 Å². The van der Waals surface area contributed by atoms with Gasteiger partial charge in [-0.1, -0.05) is 0 Å². The van der Waals surface area contributed by atoms with Crippen LogP contribution in [0.5, 0.6) is 0 Å². The van der Waals surface area contributed by atoms with Gasteiger partial charge in [-0.2, -0.15) is 0 Å². The molecule has 1 saturated heterocycles. The maximum Gasteiger partial charge on any atom is 0.253 e. The molecular formula is C18H21N3O3S. The number of carbonyl (C=O) groups excluding carboxylic acids is 1. The molecule has 0 aliphatic carbocycles. The molecule has 6 nitrogen and oxygen atoms in total. The summed E-state index contributed by atoms with van der Waals surface area (Å²) in [4.78, 5) is 33.9. The van der Waals surface area contributed by atoms with Gasteiger partial charge >= 0.3 is 0 Å². The molecular weight excluding hydrogens is 338 g/mol. The second kappa shape index (κ2) is 8.31. The number of amides is 1. The van der Waals surface area contributed by atoms with Gasteiger partial charge in [0.2, 0.25) is 0 Å². The lowest BCUT2D eigenvalue weighted by Gasteiger charge is -2.32. The molecule has 0 saturated carbocycles. The molecule has 1 aliphatic rings. The van der Waals surface area contributed by atoms with Crippen molar-refractivity contribution >= 4 is 17.7 Å². The molecule has 132 valence electrons. The van der Waals surface area contributed by atoms with E-state index < -0.39 is 0 Å². The molecule has 7 heteroatoms. The summed E-state index contributed by atoms with van der Waals surface area (Å²) >= 11 is 1.56. The molecule has 0 radical (unpaired) electrons. The minimum absolute atomic E-state index is 0.00764. The highest BCUT2D eigenvalue weighted by molar-refractivity contribution is 7.99. The van der Waals surface area contributed by atoms with Crippen LogP contribution in [-0.4, -0.2) is 51.3 Å². The molecule has 1 fully saturated rings. The predicted molar refractivity (Wildman–Crippen MR) is 97.0 cm³/mol. The number of carbonyl (C=O) groups is 1. The highest BCUT2D eigenvalue weighted by atomic mass is 32.2. The zero-order chi connectivity index (χ0) is 17.6. The molecule has 1 unspecified atom stereocenters. The van der Waals surface area contributed by atoms with Crippen molar-refractivity contribution in [2.75, 3.05) is 25.4 Å². The monoisotopic (exact) mass is 359 g/mol. The predicted octanol–water partition coefficient (Wildman–Crippen LogP) is 1.87. The highest BCUT2D eigenvalue weighted by Crippen LogP contribution is 2.26. The molecule has 1 aliphatic heterocycles. The minimum Gasteiger partial charge on any atom is -0.396 e. The molecule has 0 spiro atoms. The van der Waals surface area contributed by atoms with E-state index in [4.69, 9.17) is 5.11 Å². The van der Waals surface area contributed by atoms with Crippen LogP contribution in [0.3, 0.4) is 0 Å². The second-order valence-corrected chi connectivity index (χ2v) is 7.19. The molecule has 25 heavy (non-hydrogen) atoms. The van der Waals surface area contributed by atoms with E-state index in [2.05, 4.69) is 9.97 Å². The molecule has 1 atom stereocenters.